The summed E-state index contributed by atoms with van der Waals surface area (Å²) in [6.45, 7) is 3.41. The molecule has 1 amide bonds. The molecule has 11 heteroatoms. The molecule has 1 aliphatic carbocycles. The van der Waals surface area contributed by atoms with Crippen LogP contribution >= 0.6 is 0 Å². The summed E-state index contributed by atoms with van der Waals surface area (Å²) in [6.07, 6.45) is 5.95. The number of ether oxygens (including phenoxy) is 1. The van der Waals surface area contributed by atoms with Gasteiger partial charge in [0.1, 0.15) is 17.7 Å². The highest BCUT2D eigenvalue weighted by atomic mass is 19.1. The first-order valence-electron chi connectivity index (χ1n) is 12.1. The van der Waals surface area contributed by atoms with Gasteiger partial charge in [-0.15, -0.1) is 0 Å². The van der Waals surface area contributed by atoms with Gasteiger partial charge in [0, 0.05) is 36.8 Å². The monoisotopic (exact) mass is 495 g/mol. The SMILES string of the molecule is COC(=O)CCc1c(F)ccc(N2CC[C@](C)(C(=O)NC3CC3)C2)c1Cn1cnc2c(N)ncnc21. The second kappa shape index (κ2) is 9.36. The molecule has 36 heavy (non-hydrogen) atoms. The lowest BCUT2D eigenvalue weighted by molar-refractivity contribution is -0.140. The van der Waals surface area contributed by atoms with E-state index in [9.17, 15) is 9.59 Å². The third-order valence-electron chi connectivity index (χ3n) is 7.19. The van der Waals surface area contributed by atoms with Crippen molar-refractivity contribution in [3.05, 3.63) is 41.7 Å². The Morgan fingerprint density at radius 2 is 2.06 bits per heavy atom. The minimum absolute atomic E-state index is 0.0468. The number of nitrogen functional groups attached to an aromatic ring is 1. The fourth-order valence-corrected chi connectivity index (χ4v) is 4.85. The number of benzene rings is 1. The second-order valence-corrected chi connectivity index (χ2v) is 9.88. The van der Waals surface area contributed by atoms with Crippen molar-refractivity contribution < 1.29 is 18.7 Å². The van der Waals surface area contributed by atoms with Gasteiger partial charge in [-0.25, -0.2) is 19.3 Å². The Hall–Kier alpha value is -3.76. The van der Waals surface area contributed by atoms with E-state index in [1.165, 1.54) is 19.5 Å². The molecule has 2 aromatic heterocycles. The maximum absolute atomic E-state index is 15.2. The molecule has 0 bridgehead atoms. The molecule has 1 aliphatic heterocycles. The van der Waals surface area contributed by atoms with Crippen LogP contribution in [0.25, 0.3) is 11.2 Å². The zero-order valence-corrected chi connectivity index (χ0v) is 20.5. The molecular weight excluding hydrogens is 465 g/mol. The van der Waals surface area contributed by atoms with Crippen molar-refractivity contribution in [2.24, 2.45) is 5.41 Å². The smallest absolute Gasteiger partial charge is 0.305 e. The molecule has 0 spiro atoms. The highest BCUT2D eigenvalue weighted by Crippen LogP contribution is 2.38. The lowest BCUT2D eigenvalue weighted by Gasteiger charge is -2.27. The number of aromatic nitrogens is 4. The molecule has 2 fully saturated rings. The lowest BCUT2D eigenvalue weighted by Crippen LogP contribution is -2.42. The number of methoxy groups -OCH3 is 1. The minimum Gasteiger partial charge on any atom is -0.469 e. The molecule has 1 saturated heterocycles. The highest BCUT2D eigenvalue weighted by Gasteiger charge is 2.42. The molecule has 5 rings (SSSR count). The van der Waals surface area contributed by atoms with Crippen molar-refractivity contribution in [3.8, 4) is 0 Å². The number of rotatable bonds is 8. The standard InChI is InChI=1S/C25H30FN7O3/c1-25(24(35)31-15-3-4-15)9-10-32(12-25)19-7-6-18(26)16(5-8-20(34)36-2)17(19)11-33-14-30-21-22(27)28-13-29-23(21)33/h6-7,13-15H,3-5,8-12H2,1-2H3,(H,31,35)(H2,27,28,29)/t25-/m0/s1. The molecule has 1 saturated carbocycles. The largest absolute Gasteiger partial charge is 0.469 e. The van der Waals surface area contributed by atoms with Crippen molar-refractivity contribution in [1.29, 1.82) is 0 Å². The Morgan fingerprint density at radius 3 is 2.81 bits per heavy atom. The zero-order chi connectivity index (χ0) is 25.4. The van der Waals surface area contributed by atoms with Crippen LogP contribution in [0.3, 0.4) is 0 Å². The number of imidazole rings is 1. The Labute approximate surface area is 208 Å². The molecule has 3 heterocycles. The summed E-state index contributed by atoms with van der Waals surface area (Å²) in [5.41, 5.74) is 8.38. The van der Waals surface area contributed by atoms with Crippen molar-refractivity contribution in [1.82, 2.24) is 24.8 Å². The second-order valence-electron chi connectivity index (χ2n) is 9.88. The number of esters is 1. The number of hydrogen-bond donors (Lipinski definition) is 2. The van der Waals surface area contributed by atoms with Crippen LogP contribution in [-0.4, -0.2) is 57.6 Å². The van der Waals surface area contributed by atoms with E-state index >= 15 is 4.39 Å². The number of halogens is 1. The van der Waals surface area contributed by atoms with Crippen LogP contribution in [0.1, 0.15) is 43.7 Å². The van der Waals surface area contributed by atoms with E-state index in [2.05, 4.69) is 25.2 Å². The first-order chi connectivity index (χ1) is 17.3. The number of carbonyl (C=O) groups is 2. The summed E-state index contributed by atoms with van der Waals surface area (Å²) in [5.74, 6) is -0.481. The quantitative estimate of drug-likeness (QED) is 0.455. The van der Waals surface area contributed by atoms with Gasteiger partial charge in [-0.2, -0.15) is 0 Å². The fourth-order valence-electron chi connectivity index (χ4n) is 4.85. The van der Waals surface area contributed by atoms with Gasteiger partial charge in [0.05, 0.1) is 25.4 Å². The van der Waals surface area contributed by atoms with Crippen LogP contribution in [0.5, 0.6) is 0 Å². The van der Waals surface area contributed by atoms with Crippen molar-refractivity contribution in [2.45, 2.75) is 51.6 Å². The third kappa shape index (κ3) is 4.57. The van der Waals surface area contributed by atoms with E-state index in [-0.39, 0.29) is 31.1 Å². The summed E-state index contributed by atoms with van der Waals surface area (Å²) >= 11 is 0. The maximum Gasteiger partial charge on any atom is 0.305 e. The zero-order valence-electron chi connectivity index (χ0n) is 20.5. The van der Waals surface area contributed by atoms with E-state index < -0.39 is 17.2 Å². The first kappa shape index (κ1) is 24.0. The average molecular weight is 496 g/mol. The van der Waals surface area contributed by atoms with Crippen molar-refractivity contribution >= 4 is 34.5 Å². The predicted molar refractivity (Wildman–Crippen MR) is 132 cm³/mol. The number of fused-ring (bicyclic) bond motifs is 1. The summed E-state index contributed by atoms with van der Waals surface area (Å²) in [5, 5.41) is 3.13. The van der Waals surface area contributed by atoms with Gasteiger partial charge >= 0.3 is 5.97 Å². The van der Waals surface area contributed by atoms with Crippen LogP contribution in [0.2, 0.25) is 0 Å². The van der Waals surface area contributed by atoms with Crippen LogP contribution in [0.4, 0.5) is 15.9 Å². The molecule has 3 aromatic rings. The topological polar surface area (TPSA) is 128 Å². The van der Waals surface area contributed by atoms with Crippen LogP contribution < -0.4 is 16.0 Å². The van der Waals surface area contributed by atoms with Gasteiger partial charge in [-0.1, -0.05) is 0 Å². The number of amides is 1. The van der Waals surface area contributed by atoms with Gasteiger partial charge in [0.2, 0.25) is 5.91 Å². The van der Waals surface area contributed by atoms with E-state index in [0.29, 0.717) is 47.8 Å². The van der Waals surface area contributed by atoms with Crippen LogP contribution in [0, 0.1) is 11.2 Å². The van der Waals surface area contributed by atoms with Gasteiger partial charge in [0.15, 0.2) is 11.5 Å². The number of nitrogens with zero attached hydrogens (tertiary/aromatic N) is 5. The van der Waals surface area contributed by atoms with E-state index in [1.54, 1.807) is 17.0 Å². The molecule has 1 aromatic carbocycles. The Kier molecular flexibility index (Phi) is 6.23. The number of anilines is 2. The molecule has 2 aliphatic rings. The van der Waals surface area contributed by atoms with Crippen molar-refractivity contribution in [2.75, 3.05) is 30.8 Å². The summed E-state index contributed by atoms with van der Waals surface area (Å²) < 4.78 is 21.8. The summed E-state index contributed by atoms with van der Waals surface area (Å²) in [4.78, 5) is 39.6. The number of hydrogen-bond acceptors (Lipinski definition) is 8. The molecule has 3 N–H and O–H groups in total. The highest BCUT2D eigenvalue weighted by molar-refractivity contribution is 5.84. The minimum atomic E-state index is -0.538. The number of nitrogens with one attached hydrogen (secondary N) is 1. The Bertz CT molecular complexity index is 1320. The maximum atomic E-state index is 15.2. The fraction of sp³-hybridized carbons (Fsp3) is 0.480. The van der Waals surface area contributed by atoms with E-state index in [1.807, 2.05) is 6.92 Å². The third-order valence-corrected chi connectivity index (χ3v) is 7.19. The van der Waals surface area contributed by atoms with Crippen LogP contribution in [-0.2, 0) is 27.3 Å². The van der Waals surface area contributed by atoms with Crippen LogP contribution in [0.15, 0.2) is 24.8 Å². The van der Waals surface area contributed by atoms with Gasteiger partial charge in [-0.3, -0.25) is 9.59 Å². The molecular formula is C25H30FN7O3. The molecule has 0 radical (unpaired) electrons. The lowest BCUT2D eigenvalue weighted by atomic mass is 9.88. The first-order valence-corrected chi connectivity index (χ1v) is 12.1. The predicted octanol–water partition coefficient (Wildman–Crippen LogP) is 2.20. The Morgan fingerprint density at radius 1 is 1.25 bits per heavy atom. The normalized spacial score (nSPS) is 19.6. The molecule has 0 unspecified atom stereocenters. The average Bonchev–Trinajstić information content (AvgIpc) is 3.44. The van der Waals surface area contributed by atoms with Gasteiger partial charge in [0.25, 0.3) is 0 Å². The Balaban J connectivity index is 1.51. The number of carbonyl (C=O) groups excluding carboxylic acids is 2. The molecule has 10 nitrogen and oxygen atoms in total. The molecule has 190 valence electrons. The summed E-state index contributed by atoms with van der Waals surface area (Å²) in [6, 6.07) is 3.47. The van der Waals surface area contributed by atoms with Gasteiger partial charge < -0.3 is 25.3 Å². The molecule has 1 atom stereocenters. The van der Waals surface area contributed by atoms with Crippen molar-refractivity contribution in [3.63, 3.8) is 0 Å². The van der Waals surface area contributed by atoms with E-state index in [4.69, 9.17) is 10.5 Å². The summed E-state index contributed by atoms with van der Waals surface area (Å²) in [7, 11) is 1.31. The van der Waals surface area contributed by atoms with E-state index in [0.717, 1.165) is 18.5 Å². The van der Waals surface area contributed by atoms with Gasteiger partial charge in [-0.05, 0) is 50.3 Å². The number of nitrogens with two attached hydrogens (primary N) is 1.